The van der Waals surface area contributed by atoms with Gasteiger partial charge < -0.3 is 4.98 Å². The predicted octanol–water partition coefficient (Wildman–Crippen LogP) is -1.29. The fourth-order valence-electron chi connectivity index (χ4n) is 0.852. The van der Waals surface area contributed by atoms with Gasteiger partial charge in [-0.1, -0.05) is 0 Å². The Morgan fingerprint density at radius 3 is 3.09 bits per heavy atom. The van der Waals surface area contributed by atoms with Crippen molar-refractivity contribution in [3.05, 3.63) is 33.4 Å². The second-order valence-corrected chi connectivity index (χ2v) is 2.00. The van der Waals surface area contributed by atoms with Gasteiger partial charge in [-0.15, -0.1) is 0 Å². The zero-order valence-corrected chi connectivity index (χ0v) is 5.37. The molecule has 6 heteroatoms. The number of imidazole rings is 1. The van der Waals surface area contributed by atoms with E-state index in [2.05, 4.69) is 9.97 Å². The van der Waals surface area contributed by atoms with Gasteiger partial charge in [-0.2, -0.15) is 4.98 Å². The third-order valence-electron chi connectivity index (χ3n) is 1.30. The molecule has 0 aromatic carbocycles. The van der Waals surface area contributed by atoms with E-state index in [0.29, 0.717) is 0 Å². The summed E-state index contributed by atoms with van der Waals surface area (Å²) >= 11 is 0. The SMILES string of the molecule is O=c1nc2[nH]ccn2c(=O)[nH]1. The van der Waals surface area contributed by atoms with E-state index in [4.69, 9.17) is 0 Å². The van der Waals surface area contributed by atoms with Crippen LogP contribution in [0, 0.1) is 0 Å². The molecule has 11 heavy (non-hydrogen) atoms. The van der Waals surface area contributed by atoms with Crippen molar-refractivity contribution in [2.24, 2.45) is 0 Å². The summed E-state index contributed by atoms with van der Waals surface area (Å²) in [5, 5.41) is 0. The van der Waals surface area contributed by atoms with Gasteiger partial charge in [-0.25, -0.2) is 14.0 Å². The Balaban J connectivity index is 3.15. The van der Waals surface area contributed by atoms with Gasteiger partial charge >= 0.3 is 11.4 Å². The number of fused-ring (bicyclic) bond motifs is 1. The van der Waals surface area contributed by atoms with Crippen molar-refractivity contribution in [3.63, 3.8) is 0 Å². The van der Waals surface area contributed by atoms with Crippen LogP contribution in [-0.4, -0.2) is 19.4 Å². The summed E-state index contributed by atoms with van der Waals surface area (Å²) in [4.78, 5) is 29.7. The molecule has 0 amide bonds. The van der Waals surface area contributed by atoms with Crippen LogP contribution in [0.25, 0.3) is 5.78 Å². The van der Waals surface area contributed by atoms with Crippen LogP contribution in [0.1, 0.15) is 0 Å². The molecule has 0 bridgehead atoms. The van der Waals surface area contributed by atoms with Crippen molar-refractivity contribution in [3.8, 4) is 0 Å². The zero-order valence-electron chi connectivity index (χ0n) is 5.37. The van der Waals surface area contributed by atoms with Gasteiger partial charge in [-0.3, -0.25) is 4.98 Å². The molecule has 2 heterocycles. The topological polar surface area (TPSA) is 83.0 Å². The molecule has 0 saturated carbocycles. The Morgan fingerprint density at radius 1 is 1.45 bits per heavy atom. The third-order valence-corrected chi connectivity index (χ3v) is 1.30. The Kier molecular flexibility index (Phi) is 0.974. The molecule has 0 aliphatic heterocycles. The molecular formula is C5H4N4O2. The van der Waals surface area contributed by atoms with Gasteiger partial charge in [0.05, 0.1) is 0 Å². The Morgan fingerprint density at radius 2 is 2.27 bits per heavy atom. The summed E-state index contributed by atoms with van der Waals surface area (Å²) in [5.74, 6) is 0.249. The second-order valence-electron chi connectivity index (χ2n) is 2.00. The summed E-state index contributed by atoms with van der Waals surface area (Å²) < 4.78 is 1.21. The number of H-pyrrole nitrogens is 2. The highest BCUT2D eigenvalue weighted by atomic mass is 16.2. The molecule has 2 aromatic heterocycles. The molecule has 2 N–H and O–H groups in total. The first-order chi connectivity index (χ1) is 5.27. The van der Waals surface area contributed by atoms with Crippen LogP contribution in [0.4, 0.5) is 0 Å². The lowest BCUT2D eigenvalue weighted by atomic mass is 10.9. The normalized spacial score (nSPS) is 10.5. The van der Waals surface area contributed by atoms with Crippen LogP contribution >= 0.6 is 0 Å². The van der Waals surface area contributed by atoms with E-state index in [1.165, 1.54) is 16.8 Å². The van der Waals surface area contributed by atoms with E-state index in [1.54, 1.807) is 0 Å². The van der Waals surface area contributed by atoms with Crippen LogP contribution in [0.5, 0.6) is 0 Å². The molecule has 56 valence electrons. The molecule has 0 saturated heterocycles. The van der Waals surface area contributed by atoms with E-state index < -0.39 is 11.4 Å². The predicted molar refractivity (Wildman–Crippen MR) is 36.4 cm³/mol. The fraction of sp³-hybridized carbons (Fsp3) is 0. The number of hydrogen-bond donors (Lipinski definition) is 2. The lowest BCUT2D eigenvalue weighted by molar-refractivity contribution is 0.907. The third kappa shape index (κ3) is 0.759. The van der Waals surface area contributed by atoms with E-state index in [1.807, 2.05) is 4.98 Å². The molecule has 0 aliphatic carbocycles. The van der Waals surface area contributed by atoms with Crippen LogP contribution in [-0.2, 0) is 0 Å². The van der Waals surface area contributed by atoms with E-state index in [0.717, 1.165) is 0 Å². The molecule has 0 aliphatic rings. The average molecular weight is 152 g/mol. The van der Waals surface area contributed by atoms with Gasteiger partial charge in [0.2, 0.25) is 5.78 Å². The van der Waals surface area contributed by atoms with Gasteiger partial charge in [0.1, 0.15) is 0 Å². The molecule has 0 fully saturated rings. The Bertz CT molecular complexity index is 491. The van der Waals surface area contributed by atoms with E-state index >= 15 is 0 Å². The summed E-state index contributed by atoms with van der Waals surface area (Å²) in [6.45, 7) is 0. The van der Waals surface area contributed by atoms with Crippen LogP contribution in [0.2, 0.25) is 0 Å². The maximum atomic E-state index is 10.9. The fourth-order valence-corrected chi connectivity index (χ4v) is 0.852. The number of aromatic amines is 2. The molecule has 6 nitrogen and oxygen atoms in total. The number of rotatable bonds is 0. The smallest absolute Gasteiger partial charge is 0.330 e. The summed E-state index contributed by atoms with van der Waals surface area (Å²) in [6, 6.07) is 0. The molecule has 0 atom stereocenters. The standard InChI is InChI=1S/C5H4N4O2/c10-4-7-3-6-1-2-9(3)5(11)8-4/h1-2H,(H2,6,7,8,10,11). The average Bonchev–Trinajstić information content (AvgIpc) is 2.34. The summed E-state index contributed by atoms with van der Waals surface area (Å²) in [5.41, 5.74) is -1.13. The van der Waals surface area contributed by atoms with E-state index in [9.17, 15) is 9.59 Å². The summed E-state index contributed by atoms with van der Waals surface area (Å²) in [7, 11) is 0. The van der Waals surface area contributed by atoms with Crippen molar-refractivity contribution >= 4 is 5.78 Å². The maximum absolute atomic E-state index is 10.9. The molecule has 0 unspecified atom stereocenters. The monoisotopic (exact) mass is 152 g/mol. The zero-order chi connectivity index (χ0) is 7.84. The highest BCUT2D eigenvalue weighted by Gasteiger charge is 1.97. The molecular weight excluding hydrogens is 148 g/mol. The molecule has 0 spiro atoms. The van der Waals surface area contributed by atoms with Crippen LogP contribution in [0.3, 0.4) is 0 Å². The molecule has 0 radical (unpaired) electrons. The van der Waals surface area contributed by atoms with Crippen molar-refractivity contribution in [1.82, 2.24) is 19.4 Å². The van der Waals surface area contributed by atoms with E-state index in [-0.39, 0.29) is 5.78 Å². The summed E-state index contributed by atoms with van der Waals surface area (Å²) in [6.07, 6.45) is 3.01. The van der Waals surface area contributed by atoms with Gasteiger partial charge in [0.15, 0.2) is 0 Å². The van der Waals surface area contributed by atoms with Crippen molar-refractivity contribution in [2.75, 3.05) is 0 Å². The van der Waals surface area contributed by atoms with Crippen molar-refractivity contribution < 1.29 is 0 Å². The van der Waals surface area contributed by atoms with Crippen molar-refractivity contribution in [2.45, 2.75) is 0 Å². The lowest BCUT2D eigenvalue weighted by Gasteiger charge is -1.86. The first-order valence-corrected chi connectivity index (χ1v) is 2.93. The largest absolute Gasteiger partial charge is 0.352 e. The number of hydrogen-bond acceptors (Lipinski definition) is 3. The Labute approximate surface area is 59.5 Å². The highest BCUT2D eigenvalue weighted by Crippen LogP contribution is 1.83. The van der Waals surface area contributed by atoms with Crippen LogP contribution in [0.15, 0.2) is 22.0 Å². The van der Waals surface area contributed by atoms with Gasteiger partial charge in [-0.05, 0) is 0 Å². The highest BCUT2D eigenvalue weighted by molar-refractivity contribution is 5.23. The minimum absolute atomic E-state index is 0.249. The quantitative estimate of drug-likeness (QED) is 0.492. The second kappa shape index (κ2) is 1.82. The lowest BCUT2D eigenvalue weighted by Crippen LogP contribution is -2.27. The Hall–Kier alpha value is -1.85. The number of nitrogens with one attached hydrogen (secondary N) is 2. The minimum atomic E-state index is -0.641. The van der Waals surface area contributed by atoms with Gasteiger partial charge in [0, 0.05) is 12.4 Å². The van der Waals surface area contributed by atoms with Gasteiger partial charge in [0.25, 0.3) is 0 Å². The molecule has 2 rings (SSSR count). The van der Waals surface area contributed by atoms with Crippen LogP contribution < -0.4 is 11.4 Å². The number of aromatic nitrogens is 4. The first kappa shape index (κ1) is 5.90. The number of nitrogens with zero attached hydrogens (tertiary/aromatic N) is 2. The molecule has 2 aromatic rings. The first-order valence-electron chi connectivity index (χ1n) is 2.93. The minimum Gasteiger partial charge on any atom is -0.330 e. The maximum Gasteiger partial charge on any atom is 0.352 e. The van der Waals surface area contributed by atoms with Crippen molar-refractivity contribution in [1.29, 1.82) is 0 Å².